The summed E-state index contributed by atoms with van der Waals surface area (Å²) in [5, 5.41) is 13.5. The van der Waals surface area contributed by atoms with Gasteiger partial charge in [0.15, 0.2) is 6.61 Å². The standard InChI is InChI=1S/C22H20N2O5/c1-15-3-5-16(6-4-15)17-7-10-19(11-8-17)29-14-22(25)23-20-13-18(24(26)27)9-12-21(20)28-2/h3-13H,14H2,1-2H3,(H,23,25). The lowest BCUT2D eigenvalue weighted by molar-refractivity contribution is -0.384. The number of anilines is 1. The number of hydrogen-bond acceptors (Lipinski definition) is 5. The zero-order valence-corrected chi connectivity index (χ0v) is 16.0. The van der Waals surface area contributed by atoms with E-state index in [1.165, 1.54) is 30.9 Å². The Balaban J connectivity index is 1.61. The Bertz CT molecular complexity index is 1010. The molecule has 0 radical (unpaired) electrons. The zero-order chi connectivity index (χ0) is 20.8. The highest BCUT2D eigenvalue weighted by atomic mass is 16.6. The number of methoxy groups -OCH3 is 1. The normalized spacial score (nSPS) is 10.3. The van der Waals surface area contributed by atoms with Gasteiger partial charge in [0.1, 0.15) is 11.5 Å². The Morgan fingerprint density at radius 3 is 2.21 bits per heavy atom. The van der Waals surface area contributed by atoms with Crippen LogP contribution in [0.1, 0.15) is 5.56 Å². The van der Waals surface area contributed by atoms with Gasteiger partial charge in [-0.3, -0.25) is 14.9 Å². The number of ether oxygens (including phenoxy) is 2. The van der Waals surface area contributed by atoms with Crippen LogP contribution in [0, 0.1) is 17.0 Å². The molecule has 0 aliphatic rings. The molecule has 7 nitrogen and oxygen atoms in total. The number of nitrogens with one attached hydrogen (secondary N) is 1. The van der Waals surface area contributed by atoms with Gasteiger partial charge < -0.3 is 14.8 Å². The third-order valence-corrected chi connectivity index (χ3v) is 4.28. The first kappa shape index (κ1) is 19.9. The average Bonchev–Trinajstić information content (AvgIpc) is 2.73. The molecule has 1 amide bonds. The van der Waals surface area contributed by atoms with Gasteiger partial charge in [-0.15, -0.1) is 0 Å². The maximum atomic E-state index is 12.2. The first-order valence-corrected chi connectivity index (χ1v) is 8.88. The van der Waals surface area contributed by atoms with Gasteiger partial charge in [-0.1, -0.05) is 42.0 Å². The first-order valence-electron chi connectivity index (χ1n) is 8.88. The fourth-order valence-electron chi connectivity index (χ4n) is 2.73. The number of nitro benzene ring substituents is 1. The fraction of sp³-hybridized carbons (Fsp3) is 0.136. The number of amides is 1. The van der Waals surface area contributed by atoms with E-state index in [9.17, 15) is 14.9 Å². The van der Waals surface area contributed by atoms with Crippen molar-refractivity contribution in [2.75, 3.05) is 19.0 Å². The second-order valence-corrected chi connectivity index (χ2v) is 6.37. The van der Waals surface area contributed by atoms with Gasteiger partial charge in [-0.25, -0.2) is 0 Å². The van der Waals surface area contributed by atoms with Crippen molar-refractivity contribution in [2.45, 2.75) is 6.92 Å². The van der Waals surface area contributed by atoms with Crippen molar-refractivity contribution >= 4 is 17.3 Å². The molecule has 0 aliphatic heterocycles. The van der Waals surface area contributed by atoms with Gasteiger partial charge in [0.25, 0.3) is 11.6 Å². The van der Waals surface area contributed by atoms with E-state index in [1.807, 2.05) is 43.3 Å². The highest BCUT2D eigenvalue weighted by Crippen LogP contribution is 2.29. The van der Waals surface area contributed by atoms with E-state index < -0.39 is 10.8 Å². The maximum absolute atomic E-state index is 12.2. The Labute approximate surface area is 168 Å². The topological polar surface area (TPSA) is 90.7 Å². The number of nitro groups is 1. The van der Waals surface area contributed by atoms with Crippen LogP contribution in [0.5, 0.6) is 11.5 Å². The van der Waals surface area contributed by atoms with Crippen LogP contribution in [0.4, 0.5) is 11.4 Å². The van der Waals surface area contributed by atoms with Crippen LogP contribution in [0.2, 0.25) is 0 Å². The predicted octanol–water partition coefficient (Wildman–Crippen LogP) is 4.60. The summed E-state index contributed by atoms with van der Waals surface area (Å²) in [5.74, 6) is 0.417. The molecular weight excluding hydrogens is 372 g/mol. The van der Waals surface area contributed by atoms with Crippen LogP contribution < -0.4 is 14.8 Å². The summed E-state index contributed by atoms with van der Waals surface area (Å²) in [6, 6.07) is 19.6. The molecule has 0 spiro atoms. The van der Waals surface area contributed by atoms with E-state index >= 15 is 0 Å². The molecule has 0 bridgehead atoms. The monoisotopic (exact) mass is 392 g/mol. The SMILES string of the molecule is COc1ccc([N+](=O)[O-])cc1NC(=O)COc1ccc(-c2ccc(C)cc2)cc1. The third kappa shape index (κ3) is 5.10. The molecule has 0 heterocycles. The van der Waals surface area contributed by atoms with E-state index in [0.29, 0.717) is 11.5 Å². The molecule has 0 saturated heterocycles. The van der Waals surface area contributed by atoms with Gasteiger partial charge in [0.05, 0.1) is 17.7 Å². The van der Waals surface area contributed by atoms with Gasteiger partial charge in [-0.2, -0.15) is 0 Å². The summed E-state index contributed by atoms with van der Waals surface area (Å²) in [5.41, 5.74) is 3.40. The zero-order valence-electron chi connectivity index (χ0n) is 16.0. The molecule has 7 heteroatoms. The minimum absolute atomic E-state index is 0.145. The fourth-order valence-corrected chi connectivity index (χ4v) is 2.73. The largest absolute Gasteiger partial charge is 0.495 e. The summed E-state index contributed by atoms with van der Waals surface area (Å²) in [6.45, 7) is 1.80. The summed E-state index contributed by atoms with van der Waals surface area (Å²) in [7, 11) is 1.42. The molecule has 3 aromatic carbocycles. The average molecular weight is 392 g/mol. The first-order chi connectivity index (χ1) is 14.0. The quantitative estimate of drug-likeness (QED) is 0.469. The highest BCUT2D eigenvalue weighted by Gasteiger charge is 2.14. The number of aryl methyl sites for hydroxylation is 1. The third-order valence-electron chi connectivity index (χ3n) is 4.28. The molecular formula is C22H20N2O5. The number of rotatable bonds is 7. The van der Waals surface area contributed by atoms with Crippen molar-refractivity contribution in [3.63, 3.8) is 0 Å². The molecule has 29 heavy (non-hydrogen) atoms. The lowest BCUT2D eigenvalue weighted by Gasteiger charge is -2.11. The minimum atomic E-state index is -0.540. The van der Waals surface area contributed by atoms with Gasteiger partial charge in [-0.05, 0) is 36.2 Å². The molecule has 148 valence electrons. The van der Waals surface area contributed by atoms with Gasteiger partial charge in [0, 0.05) is 12.1 Å². The predicted molar refractivity (Wildman–Crippen MR) is 110 cm³/mol. The van der Waals surface area contributed by atoms with Gasteiger partial charge >= 0.3 is 0 Å². The van der Waals surface area contributed by atoms with Crippen LogP contribution in [-0.2, 0) is 4.79 Å². The van der Waals surface area contributed by atoms with Crippen molar-refractivity contribution in [1.29, 1.82) is 0 Å². The maximum Gasteiger partial charge on any atom is 0.271 e. The second kappa shape index (κ2) is 8.88. The summed E-state index contributed by atoms with van der Waals surface area (Å²) in [4.78, 5) is 22.6. The Morgan fingerprint density at radius 1 is 1.00 bits per heavy atom. The van der Waals surface area contributed by atoms with Crippen LogP contribution in [-0.4, -0.2) is 24.5 Å². The molecule has 0 fully saturated rings. The number of non-ortho nitro benzene ring substituents is 1. The Kier molecular flexibility index (Phi) is 6.09. The van der Waals surface area contributed by atoms with Crippen molar-refractivity contribution in [3.05, 3.63) is 82.4 Å². The number of carbonyl (C=O) groups excluding carboxylic acids is 1. The van der Waals surface area contributed by atoms with Crippen LogP contribution in [0.3, 0.4) is 0 Å². The van der Waals surface area contributed by atoms with E-state index in [0.717, 1.165) is 11.1 Å². The van der Waals surface area contributed by atoms with Crippen molar-refractivity contribution in [1.82, 2.24) is 0 Å². The number of nitrogens with zero attached hydrogens (tertiary/aromatic N) is 1. The lowest BCUT2D eigenvalue weighted by Crippen LogP contribution is -2.20. The van der Waals surface area contributed by atoms with Crippen molar-refractivity contribution < 1.29 is 19.2 Å². The lowest BCUT2D eigenvalue weighted by atomic mass is 10.0. The molecule has 0 atom stereocenters. The van der Waals surface area contributed by atoms with Crippen LogP contribution >= 0.6 is 0 Å². The van der Waals surface area contributed by atoms with E-state index in [2.05, 4.69) is 5.32 Å². The van der Waals surface area contributed by atoms with Gasteiger partial charge in [0.2, 0.25) is 0 Å². The van der Waals surface area contributed by atoms with Crippen molar-refractivity contribution in [2.24, 2.45) is 0 Å². The molecule has 0 aliphatic carbocycles. The number of carbonyl (C=O) groups is 1. The van der Waals surface area contributed by atoms with Crippen LogP contribution in [0.25, 0.3) is 11.1 Å². The molecule has 0 unspecified atom stereocenters. The molecule has 0 aromatic heterocycles. The Morgan fingerprint density at radius 2 is 1.62 bits per heavy atom. The minimum Gasteiger partial charge on any atom is -0.495 e. The summed E-state index contributed by atoms with van der Waals surface area (Å²) >= 11 is 0. The summed E-state index contributed by atoms with van der Waals surface area (Å²) < 4.78 is 10.6. The molecule has 3 rings (SSSR count). The second-order valence-electron chi connectivity index (χ2n) is 6.37. The summed E-state index contributed by atoms with van der Waals surface area (Å²) in [6.07, 6.45) is 0. The Hall–Kier alpha value is -3.87. The van der Waals surface area contributed by atoms with Crippen molar-refractivity contribution in [3.8, 4) is 22.6 Å². The number of hydrogen-bond donors (Lipinski definition) is 1. The van der Waals surface area contributed by atoms with Crippen LogP contribution in [0.15, 0.2) is 66.7 Å². The molecule has 3 aromatic rings. The smallest absolute Gasteiger partial charge is 0.271 e. The molecule has 0 saturated carbocycles. The highest BCUT2D eigenvalue weighted by molar-refractivity contribution is 5.93. The number of benzene rings is 3. The van der Waals surface area contributed by atoms with E-state index in [-0.39, 0.29) is 18.0 Å². The van der Waals surface area contributed by atoms with E-state index in [4.69, 9.17) is 9.47 Å². The molecule has 1 N–H and O–H groups in total. The van der Waals surface area contributed by atoms with E-state index in [1.54, 1.807) is 12.1 Å².